The Morgan fingerprint density at radius 3 is 1.47 bits per heavy atom. The highest BCUT2D eigenvalue weighted by Crippen LogP contribution is 2.37. The molecule has 0 spiro atoms. The summed E-state index contributed by atoms with van der Waals surface area (Å²) < 4.78 is 53.7. The zero-order valence-electron chi connectivity index (χ0n) is 21.6. The van der Waals surface area contributed by atoms with Crippen LogP contribution in [0.5, 0.6) is 11.5 Å². The third-order valence-corrected chi connectivity index (χ3v) is 6.95. The summed E-state index contributed by atoms with van der Waals surface area (Å²) in [6.45, 7) is 8.19. The molecule has 0 unspecified atom stereocenters. The van der Waals surface area contributed by atoms with Gasteiger partial charge in [-0.25, -0.2) is 8.78 Å². The predicted octanol–water partition coefficient (Wildman–Crippen LogP) is 5.49. The lowest BCUT2D eigenvalue weighted by Crippen LogP contribution is -2.41. The molecule has 0 aliphatic carbocycles. The van der Waals surface area contributed by atoms with E-state index in [9.17, 15) is 0 Å². The van der Waals surface area contributed by atoms with E-state index in [1.54, 1.807) is 19.1 Å². The van der Waals surface area contributed by atoms with Gasteiger partial charge in [-0.3, -0.25) is 0 Å². The number of hydrogen-bond donors (Lipinski definition) is 0. The summed E-state index contributed by atoms with van der Waals surface area (Å²) in [5.41, 5.74) is 0.746. The highest BCUT2D eigenvalue weighted by atomic mass is 19.1. The molecule has 36 heavy (non-hydrogen) atoms. The molecule has 0 atom stereocenters. The first-order valence-electron chi connectivity index (χ1n) is 11.9. The molecule has 1 heterocycles. The first-order valence-corrected chi connectivity index (χ1v) is 11.9. The summed E-state index contributed by atoms with van der Waals surface area (Å²) in [4.78, 5) is 1.68. The van der Waals surface area contributed by atoms with Gasteiger partial charge in [-0.2, -0.15) is 0 Å². The molecule has 0 amide bonds. The summed E-state index contributed by atoms with van der Waals surface area (Å²) in [6, 6.07) is 17.4. The lowest BCUT2D eigenvalue weighted by Gasteiger charge is -2.32. The maximum atomic E-state index is 15.6. The zero-order valence-corrected chi connectivity index (χ0v) is 21.6. The number of hydrogen-bond acceptors (Lipinski definition) is 5. The molecule has 190 valence electrons. The standard InChI is InChI=1S/C28H32BF2NO4/c1-27(2)28(3,4)36-29(35-27)21-15-24(30)26(25(31)16-21)32(17-19-7-11-22(33-5)12-8-19)18-20-9-13-23(34-6)14-10-20/h7-16H,17-18H2,1-6H3. The lowest BCUT2D eigenvalue weighted by atomic mass is 9.79. The fourth-order valence-electron chi connectivity index (χ4n) is 4.12. The van der Waals surface area contributed by atoms with Crippen molar-refractivity contribution in [3.63, 3.8) is 0 Å². The summed E-state index contributed by atoms with van der Waals surface area (Å²) in [5, 5.41) is 0. The van der Waals surface area contributed by atoms with Crippen molar-refractivity contribution in [2.24, 2.45) is 0 Å². The number of nitrogens with zero attached hydrogens (tertiary/aromatic N) is 1. The van der Waals surface area contributed by atoms with Crippen LogP contribution in [0.2, 0.25) is 0 Å². The normalized spacial score (nSPS) is 16.2. The summed E-state index contributed by atoms with van der Waals surface area (Å²) in [5.74, 6) is 0.0673. The molecule has 3 aromatic carbocycles. The van der Waals surface area contributed by atoms with Crippen LogP contribution < -0.4 is 19.8 Å². The molecule has 4 rings (SSSR count). The van der Waals surface area contributed by atoms with Gasteiger partial charge in [-0.1, -0.05) is 24.3 Å². The van der Waals surface area contributed by atoms with Crippen molar-refractivity contribution in [2.75, 3.05) is 19.1 Å². The van der Waals surface area contributed by atoms with Gasteiger partial charge in [0.2, 0.25) is 0 Å². The van der Waals surface area contributed by atoms with E-state index >= 15 is 8.78 Å². The van der Waals surface area contributed by atoms with Gasteiger partial charge in [-0.05, 0) is 80.7 Å². The molecule has 1 aliphatic heterocycles. The first-order chi connectivity index (χ1) is 17.0. The van der Waals surface area contributed by atoms with Crippen LogP contribution in [0.1, 0.15) is 38.8 Å². The van der Waals surface area contributed by atoms with E-state index < -0.39 is 30.0 Å². The molecule has 0 saturated carbocycles. The monoisotopic (exact) mass is 495 g/mol. The topological polar surface area (TPSA) is 40.2 Å². The van der Waals surface area contributed by atoms with Gasteiger partial charge in [0.1, 0.15) is 28.8 Å². The lowest BCUT2D eigenvalue weighted by molar-refractivity contribution is 0.00578. The Morgan fingerprint density at radius 2 is 1.11 bits per heavy atom. The number of ether oxygens (including phenoxy) is 2. The maximum absolute atomic E-state index is 15.6. The third kappa shape index (κ3) is 5.35. The van der Waals surface area contributed by atoms with Crippen LogP contribution in [0.25, 0.3) is 0 Å². The molecule has 5 nitrogen and oxygen atoms in total. The van der Waals surface area contributed by atoms with E-state index in [0.29, 0.717) is 30.1 Å². The van der Waals surface area contributed by atoms with Crippen molar-refractivity contribution in [1.82, 2.24) is 0 Å². The molecule has 0 bridgehead atoms. The number of methoxy groups -OCH3 is 2. The molecule has 8 heteroatoms. The molecule has 3 aromatic rings. The highest BCUT2D eigenvalue weighted by Gasteiger charge is 2.52. The minimum atomic E-state index is -0.857. The van der Waals surface area contributed by atoms with Crippen LogP contribution in [-0.2, 0) is 22.4 Å². The van der Waals surface area contributed by atoms with Crippen molar-refractivity contribution >= 4 is 18.3 Å². The zero-order chi connectivity index (χ0) is 26.1. The number of halogens is 2. The summed E-state index contributed by atoms with van der Waals surface area (Å²) in [7, 11) is 2.33. The SMILES string of the molecule is COc1ccc(CN(Cc2ccc(OC)cc2)c2c(F)cc(B3OC(C)(C)C(C)(C)O3)cc2F)cc1. The van der Waals surface area contributed by atoms with E-state index in [1.807, 2.05) is 76.2 Å². The van der Waals surface area contributed by atoms with Crippen LogP contribution in [0, 0.1) is 11.6 Å². The fourth-order valence-corrected chi connectivity index (χ4v) is 4.12. The Kier molecular flexibility index (Phi) is 7.30. The van der Waals surface area contributed by atoms with Crippen molar-refractivity contribution in [2.45, 2.75) is 52.0 Å². The Hall–Kier alpha value is -3.10. The van der Waals surface area contributed by atoms with Crippen LogP contribution in [0.3, 0.4) is 0 Å². The van der Waals surface area contributed by atoms with E-state index in [2.05, 4.69) is 0 Å². The largest absolute Gasteiger partial charge is 0.497 e. The van der Waals surface area contributed by atoms with Crippen LogP contribution >= 0.6 is 0 Å². The van der Waals surface area contributed by atoms with Crippen LogP contribution in [-0.4, -0.2) is 32.5 Å². The molecule has 1 fully saturated rings. The van der Waals surface area contributed by atoms with Gasteiger partial charge in [0.15, 0.2) is 0 Å². The number of rotatable bonds is 8. The molecule has 0 aromatic heterocycles. The summed E-state index contributed by atoms with van der Waals surface area (Å²) >= 11 is 0. The maximum Gasteiger partial charge on any atom is 0.495 e. The van der Waals surface area contributed by atoms with E-state index in [-0.39, 0.29) is 5.69 Å². The minimum absolute atomic E-state index is 0.109. The number of benzene rings is 3. The fraction of sp³-hybridized carbons (Fsp3) is 0.357. The summed E-state index contributed by atoms with van der Waals surface area (Å²) in [6.07, 6.45) is 0. The average molecular weight is 495 g/mol. The van der Waals surface area contributed by atoms with E-state index in [4.69, 9.17) is 18.8 Å². The molecule has 0 N–H and O–H groups in total. The van der Waals surface area contributed by atoms with Gasteiger partial charge in [-0.15, -0.1) is 0 Å². The van der Waals surface area contributed by atoms with Crippen molar-refractivity contribution < 1.29 is 27.6 Å². The second-order valence-electron chi connectivity index (χ2n) is 9.97. The van der Waals surface area contributed by atoms with Crippen molar-refractivity contribution in [1.29, 1.82) is 0 Å². The van der Waals surface area contributed by atoms with Gasteiger partial charge >= 0.3 is 7.12 Å². The first kappa shape index (κ1) is 26.0. The van der Waals surface area contributed by atoms with Crippen LogP contribution in [0.4, 0.5) is 14.5 Å². The van der Waals surface area contributed by atoms with Gasteiger partial charge in [0, 0.05) is 13.1 Å². The molecular weight excluding hydrogens is 463 g/mol. The molecule has 0 radical (unpaired) electrons. The third-order valence-electron chi connectivity index (χ3n) is 6.95. The van der Waals surface area contributed by atoms with Gasteiger partial charge in [0.25, 0.3) is 0 Å². The second kappa shape index (κ2) is 10.1. The quantitative estimate of drug-likeness (QED) is 0.387. The highest BCUT2D eigenvalue weighted by molar-refractivity contribution is 6.62. The minimum Gasteiger partial charge on any atom is -0.497 e. The van der Waals surface area contributed by atoms with Crippen molar-refractivity contribution in [3.05, 3.63) is 83.4 Å². The van der Waals surface area contributed by atoms with E-state index in [0.717, 1.165) is 11.1 Å². The Labute approximate surface area is 212 Å². The van der Waals surface area contributed by atoms with Gasteiger partial charge < -0.3 is 23.7 Å². The Bertz CT molecular complexity index is 1110. The second-order valence-corrected chi connectivity index (χ2v) is 9.97. The van der Waals surface area contributed by atoms with Gasteiger partial charge in [0.05, 0.1) is 25.4 Å². The molecular formula is C28H32BF2NO4. The Balaban J connectivity index is 1.67. The predicted molar refractivity (Wildman–Crippen MR) is 138 cm³/mol. The van der Waals surface area contributed by atoms with Crippen LogP contribution in [0.15, 0.2) is 60.7 Å². The molecule has 1 saturated heterocycles. The van der Waals surface area contributed by atoms with Crippen molar-refractivity contribution in [3.8, 4) is 11.5 Å². The Morgan fingerprint density at radius 1 is 0.722 bits per heavy atom. The van der Waals surface area contributed by atoms with E-state index in [1.165, 1.54) is 12.1 Å². The number of anilines is 1. The molecule has 1 aliphatic rings. The smallest absolute Gasteiger partial charge is 0.495 e. The average Bonchev–Trinajstić information content (AvgIpc) is 3.06.